The summed E-state index contributed by atoms with van der Waals surface area (Å²) in [6.45, 7) is 0.650. The summed E-state index contributed by atoms with van der Waals surface area (Å²) in [5, 5.41) is 12.7. The van der Waals surface area contributed by atoms with Gasteiger partial charge in [-0.05, 0) is 44.4 Å². The zero-order chi connectivity index (χ0) is 10.5. The molecule has 15 heavy (non-hydrogen) atoms. The second-order valence-electron chi connectivity index (χ2n) is 5.30. The number of amides is 1. The number of carbonyl (C=O) groups excluding carboxylic acids is 1. The number of ether oxygens (including phenoxy) is 1. The molecule has 0 unspecified atom stereocenters. The first-order chi connectivity index (χ1) is 7.12. The standard InChI is InChI=1S/C11H17NO3/c13-9-12-7-10(15-9)3-1-8(2-4-10)11(14)5-6-11/h8,14H,1-7H2,(H,12,13). The molecule has 1 spiro atoms. The van der Waals surface area contributed by atoms with Gasteiger partial charge in [-0.1, -0.05) is 0 Å². The molecule has 2 aliphatic carbocycles. The second kappa shape index (κ2) is 2.88. The van der Waals surface area contributed by atoms with Crippen LogP contribution in [0, 0.1) is 5.92 Å². The third kappa shape index (κ3) is 1.51. The van der Waals surface area contributed by atoms with Crippen LogP contribution < -0.4 is 5.32 Å². The highest BCUT2D eigenvalue weighted by Gasteiger charge is 2.52. The maximum absolute atomic E-state index is 11.0. The van der Waals surface area contributed by atoms with Crippen LogP contribution in [0.15, 0.2) is 0 Å². The Morgan fingerprint density at radius 2 is 1.93 bits per heavy atom. The Morgan fingerprint density at radius 3 is 2.40 bits per heavy atom. The fraction of sp³-hybridized carbons (Fsp3) is 0.909. The molecule has 1 saturated heterocycles. The largest absolute Gasteiger partial charge is 0.441 e. The monoisotopic (exact) mass is 211 g/mol. The van der Waals surface area contributed by atoms with Crippen molar-refractivity contribution in [1.82, 2.24) is 5.32 Å². The van der Waals surface area contributed by atoms with Gasteiger partial charge in [0.1, 0.15) is 5.60 Å². The van der Waals surface area contributed by atoms with Gasteiger partial charge in [-0.3, -0.25) is 0 Å². The van der Waals surface area contributed by atoms with E-state index in [2.05, 4.69) is 5.32 Å². The molecule has 2 saturated carbocycles. The van der Waals surface area contributed by atoms with Crippen LogP contribution in [-0.2, 0) is 4.74 Å². The van der Waals surface area contributed by atoms with Crippen molar-refractivity contribution in [2.45, 2.75) is 49.7 Å². The lowest BCUT2D eigenvalue weighted by Gasteiger charge is -2.36. The minimum atomic E-state index is -0.363. The molecule has 1 amide bonds. The Balaban J connectivity index is 1.63. The van der Waals surface area contributed by atoms with Gasteiger partial charge in [-0.25, -0.2) is 4.79 Å². The number of hydrogen-bond acceptors (Lipinski definition) is 3. The number of aliphatic hydroxyl groups is 1. The van der Waals surface area contributed by atoms with E-state index in [1.807, 2.05) is 0 Å². The van der Waals surface area contributed by atoms with Gasteiger partial charge in [-0.2, -0.15) is 0 Å². The van der Waals surface area contributed by atoms with Crippen LogP contribution in [0.2, 0.25) is 0 Å². The van der Waals surface area contributed by atoms with Crippen LogP contribution >= 0.6 is 0 Å². The summed E-state index contributed by atoms with van der Waals surface area (Å²) in [6.07, 6.45) is 5.43. The topological polar surface area (TPSA) is 58.6 Å². The molecule has 1 aliphatic heterocycles. The molecular weight excluding hydrogens is 194 g/mol. The zero-order valence-corrected chi connectivity index (χ0v) is 8.79. The van der Waals surface area contributed by atoms with Crippen LogP contribution in [-0.4, -0.2) is 28.9 Å². The highest BCUT2D eigenvalue weighted by molar-refractivity contribution is 5.70. The lowest BCUT2D eigenvalue weighted by atomic mass is 9.76. The molecule has 0 radical (unpaired) electrons. The van der Waals surface area contributed by atoms with E-state index in [0.717, 1.165) is 38.5 Å². The molecule has 3 fully saturated rings. The van der Waals surface area contributed by atoms with Gasteiger partial charge in [0.15, 0.2) is 0 Å². The van der Waals surface area contributed by atoms with Crippen molar-refractivity contribution in [1.29, 1.82) is 0 Å². The Morgan fingerprint density at radius 1 is 1.27 bits per heavy atom. The summed E-state index contributed by atoms with van der Waals surface area (Å²) >= 11 is 0. The SMILES string of the molecule is O=C1NCC2(CCC(C3(O)CC3)CC2)O1. The smallest absolute Gasteiger partial charge is 0.407 e. The quantitative estimate of drug-likeness (QED) is 0.684. The van der Waals surface area contributed by atoms with E-state index in [-0.39, 0.29) is 17.3 Å². The third-order valence-electron chi connectivity index (χ3n) is 4.28. The Kier molecular flexibility index (Phi) is 1.81. The number of alkyl carbamates (subject to hydrolysis) is 1. The van der Waals surface area contributed by atoms with E-state index in [0.29, 0.717) is 12.5 Å². The van der Waals surface area contributed by atoms with Crippen molar-refractivity contribution in [2.75, 3.05) is 6.54 Å². The van der Waals surface area contributed by atoms with Gasteiger partial charge in [0, 0.05) is 0 Å². The number of hydrogen-bond donors (Lipinski definition) is 2. The van der Waals surface area contributed by atoms with Crippen LogP contribution in [0.25, 0.3) is 0 Å². The van der Waals surface area contributed by atoms with E-state index in [4.69, 9.17) is 4.74 Å². The van der Waals surface area contributed by atoms with Crippen LogP contribution in [0.1, 0.15) is 38.5 Å². The zero-order valence-electron chi connectivity index (χ0n) is 8.79. The number of nitrogens with one attached hydrogen (secondary N) is 1. The molecular formula is C11H17NO3. The first-order valence-electron chi connectivity index (χ1n) is 5.81. The van der Waals surface area contributed by atoms with Gasteiger partial charge in [0.25, 0.3) is 0 Å². The Hall–Kier alpha value is -0.770. The van der Waals surface area contributed by atoms with Crippen molar-refractivity contribution in [2.24, 2.45) is 5.92 Å². The van der Waals surface area contributed by atoms with Gasteiger partial charge >= 0.3 is 6.09 Å². The minimum Gasteiger partial charge on any atom is -0.441 e. The Bertz CT molecular complexity index is 290. The summed E-state index contributed by atoms with van der Waals surface area (Å²) in [7, 11) is 0. The van der Waals surface area contributed by atoms with Gasteiger partial charge in [0.05, 0.1) is 12.1 Å². The predicted molar refractivity (Wildman–Crippen MR) is 53.4 cm³/mol. The first-order valence-corrected chi connectivity index (χ1v) is 5.81. The Labute approximate surface area is 89.0 Å². The van der Waals surface area contributed by atoms with Crippen molar-refractivity contribution in [3.05, 3.63) is 0 Å². The fourth-order valence-electron chi connectivity index (χ4n) is 3.00. The van der Waals surface area contributed by atoms with E-state index < -0.39 is 0 Å². The molecule has 0 bridgehead atoms. The van der Waals surface area contributed by atoms with E-state index >= 15 is 0 Å². The summed E-state index contributed by atoms with van der Waals surface area (Å²) in [5.74, 6) is 0.433. The third-order valence-corrected chi connectivity index (χ3v) is 4.28. The molecule has 3 rings (SSSR count). The van der Waals surface area contributed by atoms with Crippen LogP contribution in [0.4, 0.5) is 4.79 Å². The summed E-state index contributed by atoms with van der Waals surface area (Å²) in [6, 6.07) is 0. The molecule has 4 nitrogen and oxygen atoms in total. The van der Waals surface area contributed by atoms with Gasteiger partial charge < -0.3 is 15.2 Å². The van der Waals surface area contributed by atoms with E-state index in [1.165, 1.54) is 0 Å². The van der Waals surface area contributed by atoms with Crippen molar-refractivity contribution >= 4 is 6.09 Å². The predicted octanol–water partition coefficient (Wildman–Crippen LogP) is 1.18. The summed E-state index contributed by atoms with van der Waals surface area (Å²) < 4.78 is 5.34. The highest BCUT2D eigenvalue weighted by Crippen LogP contribution is 2.50. The lowest BCUT2D eigenvalue weighted by molar-refractivity contribution is -0.0201. The van der Waals surface area contributed by atoms with Crippen molar-refractivity contribution < 1.29 is 14.6 Å². The van der Waals surface area contributed by atoms with Crippen molar-refractivity contribution in [3.8, 4) is 0 Å². The molecule has 0 aromatic rings. The van der Waals surface area contributed by atoms with Crippen LogP contribution in [0.3, 0.4) is 0 Å². The van der Waals surface area contributed by atoms with Crippen LogP contribution in [0.5, 0.6) is 0 Å². The average molecular weight is 211 g/mol. The fourth-order valence-corrected chi connectivity index (χ4v) is 3.00. The summed E-state index contributed by atoms with van der Waals surface area (Å²) in [4.78, 5) is 11.0. The lowest BCUT2D eigenvalue weighted by Crippen LogP contribution is -2.40. The molecule has 0 aromatic heterocycles. The second-order valence-corrected chi connectivity index (χ2v) is 5.30. The minimum absolute atomic E-state index is 0.251. The molecule has 0 aromatic carbocycles. The maximum atomic E-state index is 11.0. The maximum Gasteiger partial charge on any atom is 0.407 e. The normalized spacial score (nSPS) is 42.5. The molecule has 3 aliphatic rings. The molecule has 0 atom stereocenters. The van der Waals surface area contributed by atoms with E-state index in [9.17, 15) is 9.90 Å². The van der Waals surface area contributed by atoms with E-state index in [1.54, 1.807) is 0 Å². The van der Waals surface area contributed by atoms with Crippen molar-refractivity contribution in [3.63, 3.8) is 0 Å². The average Bonchev–Trinajstić information content (AvgIpc) is 2.86. The molecule has 84 valence electrons. The molecule has 1 heterocycles. The van der Waals surface area contributed by atoms with Gasteiger partial charge in [-0.15, -0.1) is 0 Å². The van der Waals surface area contributed by atoms with Gasteiger partial charge in [0.2, 0.25) is 0 Å². The summed E-state index contributed by atoms with van der Waals surface area (Å²) in [5.41, 5.74) is -0.615. The first kappa shape index (κ1) is 9.46. The number of carbonyl (C=O) groups is 1. The highest BCUT2D eigenvalue weighted by atomic mass is 16.6. The number of rotatable bonds is 1. The molecule has 4 heteroatoms. The molecule has 2 N–H and O–H groups in total.